The first-order valence-corrected chi connectivity index (χ1v) is 12.1. The van der Waals surface area contributed by atoms with Crippen molar-refractivity contribution in [3.05, 3.63) is 77.1 Å². The lowest BCUT2D eigenvalue weighted by Crippen LogP contribution is -2.49. The van der Waals surface area contributed by atoms with E-state index in [2.05, 4.69) is 10.6 Å². The molecule has 1 fully saturated rings. The molecule has 2 aromatic rings. The third-order valence-electron chi connectivity index (χ3n) is 6.68. The lowest BCUT2D eigenvalue weighted by molar-refractivity contribution is -0.167. The van der Waals surface area contributed by atoms with Crippen LogP contribution in [0.5, 0.6) is 0 Å². The van der Waals surface area contributed by atoms with Crippen LogP contribution in [0.25, 0.3) is 0 Å². The summed E-state index contributed by atoms with van der Waals surface area (Å²) in [6.07, 6.45) is 0. The summed E-state index contributed by atoms with van der Waals surface area (Å²) in [7, 11) is 0. The van der Waals surface area contributed by atoms with E-state index >= 15 is 0 Å². The summed E-state index contributed by atoms with van der Waals surface area (Å²) in [5, 5.41) is 18.6. The highest BCUT2D eigenvalue weighted by Gasteiger charge is 2.39. The fourth-order valence-corrected chi connectivity index (χ4v) is 4.81. The van der Waals surface area contributed by atoms with Gasteiger partial charge in [0.2, 0.25) is 0 Å². The molecule has 1 unspecified atom stereocenters. The fraction of sp³-hybridized carbons (Fsp3) is 0.385. The molecule has 0 bridgehead atoms. The molecule has 2 amide bonds. The van der Waals surface area contributed by atoms with Crippen LogP contribution in [-0.4, -0.2) is 65.5 Å². The Morgan fingerprint density at radius 3 is 2.49 bits per heavy atom. The second-order valence-corrected chi connectivity index (χ2v) is 9.15. The van der Waals surface area contributed by atoms with Crippen LogP contribution in [0.2, 0.25) is 0 Å². The zero-order valence-electron chi connectivity index (χ0n) is 20.9. The van der Waals surface area contributed by atoms with Crippen molar-refractivity contribution in [2.24, 2.45) is 0 Å². The molecule has 2 aliphatic rings. The molecule has 4 rings (SSSR count). The zero-order chi connectivity index (χ0) is 26.7. The van der Waals surface area contributed by atoms with Gasteiger partial charge >= 0.3 is 12.0 Å². The van der Waals surface area contributed by atoms with Crippen LogP contribution in [0.1, 0.15) is 32.3 Å². The van der Waals surface area contributed by atoms with Crippen molar-refractivity contribution in [3.8, 4) is 0 Å². The van der Waals surface area contributed by atoms with Crippen molar-refractivity contribution in [2.45, 2.75) is 38.8 Å². The smallest absolute Gasteiger partial charge is 0.320 e. The van der Waals surface area contributed by atoms with Gasteiger partial charge in [0.05, 0.1) is 30.9 Å². The Hall–Kier alpha value is -3.54. The number of rotatable bonds is 8. The molecular weight excluding hydrogens is 484 g/mol. The predicted molar refractivity (Wildman–Crippen MR) is 133 cm³/mol. The number of hydroxylamine groups is 1. The Kier molecular flexibility index (Phi) is 8.06. The number of para-hydroxylation sites is 1. The van der Waals surface area contributed by atoms with Crippen LogP contribution in [0, 0.1) is 11.6 Å². The number of nitrogens with one attached hydrogen (secondary N) is 2. The quantitative estimate of drug-likeness (QED) is 0.496. The number of benzene rings is 2. The number of carboxylic acids is 1. The third kappa shape index (κ3) is 5.74. The molecule has 3 atom stereocenters. The molecular formula is C26H31F2N5O4. The zero-order valence-corrected chi connectivity index (χ0v) is 20.9. The average Bonchev–Trinajstić information content (AvgIpc) is 3.34. The topological polar surface area (TPSA) is 97.4 Å². The molecule has 0 spiro atoms. The number of nitrogens with zero attached hydrogens (tertiary/aromatic N) is 3. The van der Waals surface area contributed by atoms with E-state index in [0.717, 1.165) is 23.4 Å². The molecule has 198 valence electrons. The number of carbonyl (C=O) groups is 2. The van der Waals surface area contributed by atoms with E-state index in [1.165, 1.54) is 6.07 Å². The molecule has 0 saturated carbocycles. The van der Waals surface area contributed by atoms with Gasteiger partial charge in [-0.15, -0.1) is 0 Å². The summed E-state index contributed by atoms with van der Waals surface area (Å²) in [6, 6.07) is 11.9. The number of carboxylic acid groups (broad SMARTS) is 1. The van der Waals surface area contributed by atoms with E-state index in [9.17, 15) is 23.5 Å². The number of aliphatic carboxylic acids is 1. The van der Waals surface area contributed by atoms with Gasteiger partial charge in [0.25, 0.3) is 0 Å². The number of halogens is 2. The van der Waals surface area contributed by atoms with E-state index in [0.29, 0.717) is 18.0 Å². The van der Waals surface area contributed by atoms with Crippen LogP contribution in [0.3, 0.4) is 0 Å². The van der Waals surface area contributed by atoms with Gasteiger partial charge in [-0.25, -0.2) is 18.6 Å². The number of hydrogen-bond donors (Lipinski definition) is 3. The van der Waals surface area contributed by atoms with Crippen molar-refractivity contribution in [3.63, 3.8) is 0 Å². The average molecular weight is 516 g/mol. The largest absolute Gasteiger partial charge is 0.480 e. The highest BCUT2D eigenvalue weighted by atomic mass is 19.2. The summed E-state index contributed by atoms with van der Waals surface area (Å²) in [4.78, 5) is 32.1. The summed E-state index contributed by atoms with van der Waals surface area (Å²) >= 11 is 0. The minimum Gasteiger partial charge on any atom is -0.480 e. The predicted octanol–water partition coefficient (Wildman–Crippen LogP) is 3.43. The van der Waals surface area contributed by atoms with E-state index in [1.807, 2.05) is 51.1 Å². The van der Waals surface area contributed by atoms with Crippen LogP contribution >= 0.6 is 0 Å². The first-order chi connectivity index (χ1) is 17.7. The van der Waals surface area contributed by atoms with Crippen molar-refractivity contribution in [1.29, 1.82) is 0 Å². The van der Waals surface area contributed by atoms with E-state index < -0.39 is 35.6 Å². The van der Waals surface area contributed by atoms with Gasteiger partial charge in [0.15, 0.2) is 11.6 Å². The third-order valence-corrected chi connectivity index (χ3v) is 6.68. The van der Waals surface area contributed by atoms with E-state index in [-0.39, 0.29) is 25.7 Å². The van der Waals surface area contributed by atoms with E-state index in [4.69, 9.17) is 4.84 Å². The number of urea groups is 1. The normalized spacial score (nSPS) is 22.5. The number of amides is 2. The van der Waals surface area contributed by atoms with Crippen LogP contribution in [0.15, 0.2) is 59.9 Å². The van der Waals surface area contributed by atoms with Gasteiger partial charge in [-0.3, -0.25) is 19.8 Å². The summed E-state index contributed by atoms with van der Waals surface area (Å²) < 4.78 is 27.5. The van der Waals surface area contributed by atoms with Crippen LogP contribution in [0.4, 0.5) is 19.3 Å². The maximum Gasteiger partial charge on any atom is 0.320 e. The van der Waals surface area contributed by atoms with Crippen LogP contribution in [-0.2, 0) is 9.63 Å². The second-order valence-electron chi connectivity index (χ2n) is 9.15. The summed E-state index contributed by atoms with van der Waals surface area (Å²) in [6.45, 7) is 6.47. The molecule has 1 saturated heterocycles. The Morgan fingerprint density at radius 1 is 1.11 bits per heavy atom. The van der Waals surface area contributed by atoms with Crippen molar-refractivity contribution >= 4 is 17.7 Å². The van der Waals surface area contributed by atoms with Gasteiger partial charge in [0, 0.05) is 19.0 Å². The molecule has 0 aliphatic carbocycles. The Bertz CT molecular complexity index is 1180. The second kappa shape index (κ2) is 11.2. The number of likely N-dealkylation sites (tertiary alicyclic amines) is 1. The highest BCUT2D eigenvalue weighted by Crippen LogP contribution is 2.33. The number of hydrogen-bond acceptors (Lipinski definition) is 6. The monoisotopic (exact) mass is 515 g/mol. The molecule has 0 radical (unpaired) electrons. The molecule has 2 aliphatic heterocycles. The van der Waals surface area contributed by atoms with Gasteiger partial charge in [-0.05, 0) is 56.2 Å². The standard InChI is InChI=1S/C26H31F2N5O4/c1-4-37-33-17(3)16(2)25(32(33)19-8-6-5-7-9-19)30-26(36)29-23-14-31(15-24(34)35)13-20(23)18-10-11-21(27)22(28)12-18/h5-12,17,20,23H,4,13-15H2,1-3H3,(H,34,35)(H2,29,30,36)/t17?,20-,23+/m0/s1. The van der Waals surface area contributed by atoms with Gasteiger partial charge in [-0.2, -0.15) is 0 Å². The van der Waals surface area contributed by atoms with Gasteiger partial charge in [0.1, 0.15) is 5.82 Å². The molecule has 3 N–H and O–H groups in total. The van der Waals surface area contributed by atoms with Crippen molar-refractivity contribution in [2.75, 3.05) is 31.3 Å². The molecule has 2 aromatic carbocycles. The molecule has 9 nitrogen and oxygen atoms in total. The highest BCUT2D eigenvalue weighted by molar-refractivity contribution is 5.78. The lowest BCUT2D eigenvalue weighted by Gasteiger charge is -2.33. The molecule has 11 heteroatoms. The summed E-state index contributed by atoms with van der Waals surface area (Å²) in [5.74, 6) is -2.86. The minimum atomic E-state index is -1.01. The lowest BCUT2D eigenvalue weighted by atomic mass is 9.94. The maximum absolute atomic E-state index is 14.0. The van der Waals surface area contributed by atoms with Gasteiger partial charge in [-0.1, -0.05) is 29.4 Å². The number of carbonyl (C=O) groups excluding carboxylic acids is 1. The molecule has 37 heavy (non-hydrogen) atoms. The number of anilines is 1. The van der Waals surface area contributed by atoms with Crippen molar-refractivity contribution < 1.29 is 28.3 Å². The Morgan fingerprint density at radius 2 is 1.84 bits per heavy atom. The minimum absolute atomic E-state index is 0.150. The maximum atomic E-state index is 14.0. The van der Waals surface area contributed by atoms with Crippen molar-refractivity contribution in [1.82, 2.24) is 20.7 Å². The van der Waals surface area contributed by atoms with Crippen LogP contribution < -0.4 is 15.6 Å². The summed E-state index contributed by atoms with van der Waals surface area (Å²) in [5.41, 5.74) is 2.15. The fourth-order valence-electron chi connectivity index (χ4n) is 4.81. The first-order valence-electron chi connectivity index (χ1n) is 12.1. The van der Waals surface area contributed by atoms with Gasteiger partial charge < -0.3 is 10.4 Å². The Balaban J connectivity index is 1.56. The molecule has 0 aromatic heterocycles. The number of hydrazine groups is 1. The molecule has 2 heterocycles. The van der Waals surface area contributed by atoms with E-state index in [1.54, 1.807) is 15.1 Å². The first kappa shape index (κ1) is 26.5. The Labute approximate surface area is 214 Å². The SMILES string of the molecule is CCON1C(C)C(C)=C(NC(=O)N[C@@H]2CN(CC(=O)O)C[C@H]2c2ccc(F)c(F)c2)N1c1ccccc1.